The summed E-state index contributed by atoms with van der Waals surface area (Å²) >= 11 is 1.42. The summed E-state index contributed by atoms with van der Waals surface area (Å²) in [6.45, 7) is 4.03. The first-order valence-corrected chi connectivity index (χ1v) is 5.75. The molecule has 0 saturated carbocycles. The van der Waals surface area contributed by atoms with Crippen LogP contribution in [0.25, 0.3) is 0 Å². The van der Waals surface area contributed by atoms with Crippen LogP contribution in [0.4, 0.5) is 5.69 Å². The summed E-state index contributed by atoms with van der Waals surface area (Å²) < 4.78 is 0. The molecule has 78 valence electrons. The van der Waals surface area contributed by atoms with Crippen molar-refractivity contribution in [2.45, 2.75) is 13.8 Å². The fourth-order valence-electron chi connectivity index (χ4n) is 1.12. The molecule has 1 rings (SSSR count). The highest BCUT2D eigenvalue weighted by Gasteiger charge is 1.99. The number of nitrogens with zero attached hydrogens (tertiary/aromatic N) is 2. The molecule has 0 aliphatic heterocycles. The van der Waals surface area contributed by atoms with Crippen LogP contribution in [0, 0.1) is 25.3 Å². The Morgan fingerprint density at radius 3 is 2.80 bits per heavy atom. The minimum Gasteiger partial charge on any atom is -0.271 e. The molecule has 0 fully saturated rings. The van der Waals surface area contributed by atoms with Crippen molar-refractivity contribution in [1.82, 2.24) is 5.32 Å². The van der Waals surface area contributed by atoms with Crippen molar-refractivity contribution in [2.75, 3.05) is 6.26 Å². The zero-order valence-electron chi connectivity index (χ0n) is 9.03. The number of nitrogens with one attached hydrogen (secondary N) is 1. The smallest absolute Gasteiger partial charge is 0.183 e. The van der Waals surface area contributed by atoms with Crippen molar-refractivity contribution in [3.05, 3.63) is 29.3 Å². The molecule has 0 saturated heterocycles. The van der Waals surface area contributed by atoms with Gasteiger partial charge in [0.25, 0.3) is 0 Å². The SMILES string of the molecule is CSC(=Nc1cc(C)ccc1C)NC#N. The average molecular weight is 219 g/mol. The van der Waals surface area contributed by atoms with E-state index in [-0.39, 0.29) is 0 Å². The Morgan fingerprint density at radius 1 is 1.47 bits per heavy atom. The van der Waals surface area contributed by atoms with Crippen LogP contribution in [-0.4, -0.2) is 11.4 Å². The molecule has 0 radical (unpaired) electrons. The maximum Gasteiger partial charge on any atom is 0.183 e. The van der Waals surface area contributed by atoms with Crippen molar-refractivity contribution in [3.8, 4) is 6.19 Å². The molecule has 0 aromatic heterocycles. The van der Waals surface area contributed by atoms with Gasteiger partial charge in [-0.2, -0.15) is 5.26 Å². The number of nitriles is 1. The van der Waals surface area contributed by atoms with Crippen LogP contribution in [-0.2, 0) is 0 Å². The molecular formula is C11H13N3S. The number of amidine groups is 1. The lowest BCUT2D eigenvalue weighted by molar-refractivity contribution is 1.27. The molecule has 1 N–H and O–H groups in total. The van der Waals surface area contributed by atoms with Gasteiger partial charge in [0.05, 0.1) is 5.69 Å². The van der Waals surface area contributed by atoms with Crippen molar-refractivity contribution in [1.29, 1.82) is 5.26 Å². The van der Waals surface area contributed by atoms with Crippen LogP contribution in [0.2, 0.25) is 0 Å². The van der Waals surface area contributed by atoms with Gasteiger partial charge in [0, 0.05) is 0 Å². The van der Waals surface area contributed by atoms with Gasteiger partial charge >= 0.3 is 0 Å². The minimum absolute atomic E-state index is 0.617. The Hall–Kier alpha value is -1.47. The Balaban J connectivity index is 3.05. The molecule has 0 amide bonds. The first-order chi connectivity index (χ1) is 7.17. The molecular weight excluding hydrogens is 206 g/mol. The number of hydrogen-bond donors (Lipinski definition) is 1. The van der Waals surface area contributed by atoms with Crippen molar-refractivity contribution in [2.24, 2.45) is 4.99 Å². The van der Waals surface area contributed by atoms with E-state index < -0.39 is 0 Å². The van der Waals surface area contributed by atoms with Crippen LogP contribution < -0.4 is 5.32 Å². The molecule has 0 aliphatic rings. The van der Waals surface area contributed by atoms with Crippen LogP contribution in [0.3, 0.4) is 0 Å². The van der Waals surface area contributed by atoms with Gasteiger partial charge in [-0.25, -0.2) is 4.99 Å². The second-order valence-electron chi connectivity index (χ2n) is 3.15. The van der Waals surface area contributed by atoms with E-state index >= 15 is 0 Å². The van der Waals surface area contributed by atoms with E-state index in [1.165, 1.54) is 11.8 Å². The van der Waals surface area contributed by atoms with E-state index in [2.05, 4.69) is 10.3 Å². The monoisotopic (exact) mass is 219 g/mol. The second kappa shape index (κ2) is 5.42. The first-order valence-electron chi connectivity index (χ1n) is 4.52. The number of thioether (sulfide) groups is 1. The van der Waals surface area contributed by atoms with E-state index in [4.69, 9.17) is 5.26 Å². The minimum atomic E-state index is 0.617. The normalized spacial score (nSPS) is 10.9. The Labute approximate surface area is 94.2 Å². The van der Waals surface area contributed by atoms with Crippen LogP contribution in [0.15, 0.2) is 23.2 Å². The van der Waals surface area contributed by atoms with Gasteiger partial charge in [-0.15, -0.1) is 0 Å². The van der Waals surface area contributed by atoms with Gasteiger partial charge in [-0.05, 0) is 37.3 Å². The molecule has 4 heteroatoms. The van der Waals surface area contributed by atoms with Crippen molar-refractivity contribution >= 4 is 22.6 Å². The highest BCUT2D eigenvalue weighted by Crippen LogP contribution is 2.20. The molecule has 0 heterocycles. The highest BCUT2D eigenvalue weighted by atomic mass is 32.2. The highest BCUT2D eigenvalue weighted by molar-refractivity contribution is 8.13. The lowest BCUT2D eigenvalue weighted by Crippen LogP contribution is -2.12. The zero-order valence-corrected chi connectivity index (χ0v) is 9.85. The summed E-state index contributed by atoms with van der Waals surface area (Å²) in [6.07, 6.45) is 3.75. The maximum absolute atomic E-state index is 8.51. The molecule has 0 bridgehead atoms. The summed E-state index contributed by atoms with van der Waals surface area (Å²) in [5.74, 6) is 0. The van der Waals surface area contributed by atoms with E-state index in [0.29, 0.717) is 5.17 Å². The standard InChI is InChI=1S/C11H13N3S/c1-8-4-5-9(2)10(6-8)14-11(15-3)13-7-12/h4-6H,1-3H3,(H,13,14). The summed E-state index contributed by atoms with van der Waals surface area (Å²) in [5, 5.41) is 11.7. The largest absolute Gasteiger partial charge is 0.271 e. The van der Waals surface area contributed by atoms with E-state index in [9.17, 15) is 0 Å². The molecule has 0 spiro atoms. The van der Waals surface area contributed by atoms with E-state index in [1.807, 2.05) is 44.5 Å². The fourth-order valence-corrected chi connectivity index (χ4v) is 1.46. The van der Waals surface area contributed by atoms with Gasteiger partial charge in [-0.1, -0.05) is 23.9 Å². The predicted molar refractivity (Wildman–Crippen MR) is 65.3 cm³/mol. The molecule has 1 aromatic rings. The van der Waals surface area contributed by atoms with Gasteiger partial charge in [0.15, 0.2) is 11.4 Å². The molecule has 3 nitrogen and oxygen atoms in total. The number of aliphatic imine (C=N–C) groups is 1. The molecule has 0 aliphatic carbocycles. The van der Waals surface area contributed by atoms with Gasteiger partial charge < -0.3 is 0 Å². The fraction of sp³-hybridized carbons (Fsp3) is 0.273. The lowest BCUT2D eigenvalue weighted by atomic mass is 10.1. The lowest BCUT2D eigenvalue weighted by Gasteiger charge is -2.04. The summed E-state index contributed by atoms with van der Waals surface area (Å²) in [7, 11) is 0. The van der Waals surface area contributed by atoms with E-state index in [1.54, 1.807) is 0 Å². The van der Waals surface area contributed by atoms with Crippen molar-refractivity contribution in [3.63, 3.8) is 0 Å². The molecule has 15 heavy (non-hydrogen) atoms. The van der Waals surface area contributed by atoms with Crippen LogP contribution in [0.5, 0.6) is 0 Å². The average Bonchev–Trinajstić information content (AvgIpc) is 2.22. The summed E-state index contributed by atoms with van der Waals surface area (Å²) in [4.78, 5) is 4.37. The number of aryl methyl sites for hydroxylation is 2. The van der Waals surface area contributed by atoms with E-state index in [0.717, 1.165) is 16.8 Å². The summed E-state index contributed by atoms with van der Waals surface area (Å²) in [5.41, 5.74) is 3.17. The quantitative estimate of drug-likeness (QED) is 0.342. The third-order valence-electron chi connectivity index (χ3n) is 1.94. The Morgan fingerprint density at radius 2 is 2.20 bits per heavy atom. The Kier molecular flexibility index (Phi) is 4.19. The van der Waals surface area contributed by atoms with Crippen LogP contribution >= 0.6 is 11.8 Å². The van der Waals surface area contributed by atoms with Gasteiger partial charge in [0.2, 0.25) is 0 Å². The first kappa shape index (κ1) is 11.6. The maximum atomic E-state index is 8.51. The van der Waals surface area contributed by atoms with Gasteiger partial charge in [-0.3, -0.25) is 5.32 Å². The topological polar surface area (TPSA) is 48.2 Å². The zero-order chi connectivity index (χ0) is 11.3. The third-order valence-corrected chi connectivity index (χ3v) is 2.52. The summed E-state index contributed by atoms with van der Waals surface area (Å²) in [6, 6.07) is 6.08. The molecule has 0 unspecified atom stereocenters. The van der Waals surface area contributed by atoms with Crippen LogP contribution in [0.1, 0.15) is 11.1 Å². The number of benzene rings is 1. The van der Waals surface area contributed by atoms with Crippen molar-refractivity contribution < 1.29 is 0 Å². The number of rotatable bonds is 1. The second-order valence-corrected chi connectivity index (χ2v) is 3.94. The molecule has 0 atom stereocenters. The number of hydrogen-bond acceptors (Lipinski definition) is 3. The Bertz CT molecular complexity index is 418. The predicted octanol–water partition coefficient (Wildman–Crippen LogP) is 2.72. The molecule has 1 aromatic carbocycles. The third kappa shape index (κ3) is 3.30. The van der Waals surface area contributed by atoms with Gasteiger partial charge in [0.1, 0.15) is 0 Å².